The zero-order valence-electron chi connectivity index (χ0n) is 15.5. The highest BCUT2D eigenvalue weighted by Crippen LogP contribution is 2.25. The van der Waals surface area contributed by atoms with Gasteiger partial charge in [0, 0.05) is 45.9 Å². The van der Waals surface area contributed by atoms with E-state index in [1.54, 1.807) is 6.07 Å². The molecule has 0 aliphatic carbocycles. The first-order chi connectivity index (χ1) is 13.2. The molecule has 2 aromatic rings. The average Bonchev–Trinajstić information content (AvgIpc) is 2.94. The molecule has 5 heteroatoms. The number of carboxylic acid groups (broad SMARTS) is 1. The van der Waals surface area contributed by atoms with Crippen molar-refractivity contribution in [2.24, 2.45) is 0 Å². The van der Waals surface area contributed by atoms with Crippen LogP contribution in [0.2, 0.25) is 0 Å². The van der Waals surface area contributed by atoms with Gasteiger partial charge in [0.2, 0.25) is 0 Å². The van der Waals surface area contributed by atoms with Gasteiger partial charge in [0.05, 0.1) is 11.7 Å². The minimum Gasteiger partial charge on any atom is -0.478 e. The third-order valence-corrected chi connectivity index (χ3v) is 5.39. The highest BCUT2D eigenvalue weighted by Gasteiger charge is 2.26. The number of ether oxygens (including phenoxy) is 1. The number of hydrogen-bond acceptors (Lipinski definition) is 4. The second kappa shape index (κ2) is 8.21. The van der Waals surface area contributed by atoms with Crippen molar-refractivity contribution in [2.45, 2.75) is 32.2 Å². The Kier molecular flexibility index (Phi) is 5.53. The topological polar surface area (TPSA) is 53.0 Å². The first-order valence-corrected chi connectivity index (χ1v) is 9.63. The summed E-state index contributed by atoms with van der Waals surface area (Å²) in [5, 5.41) is 9.19. The van der Waals surface area contributed by atoms with Crippen molar-refractivity contribution in [3.05, 3.63) is 70.8 Å². The Hall–Kier alpha value is -2.21. The maximum Gasteiger partial charge on any atom is 0.335 e. The number of aromatic carboxylic acids is 1. The Morgan fingerprint density at radius 3 is 2.70 bits per heavy atom. The van der Waals surface area contributed by atoms with Gasteiger partial charge >= 0.3 is 5.97 Å². The van der Waals surface area contributed by atoms with Crippen LogP contribution in [0.25, 0.3) is 0 Å². The summed E-state index contributed by atoms with van der Waals surface area (Å²) >= 11 is 0. The lowest BCUT2D eigenvalue weighted by Gasteiger charge is -2.27. The molecule has 142 valence electrons. The Bertz CT molecular complexity index is 793. The molecule has 27 heavy (non-hydrogen) atoms. The van der Waals surface area contributed by atoms with Crippen molar-refractivity contribution in [2.75, 3.05) is 26.2 Å². The Labute approximate surface area is 160 Å². The summed E-state index contributed by atoms with van der Waals surface area (Å²) in [6.45, 7) is 6.31. The van der Waals surface area contributed by atoms with Crippen LogP contribution in [0.4, 0.5) is 0 Å². The summed E-state index contributed by atoms with van der Waals surface area (Å²) in [5.41, 5.74) is 4.07. The summed E-state index contributed by atoms with van der Waals surface area (Å²) in [6.07, 6.45) is 1.25. The normalized spacial score (nSPS) is 21.0. The lowest BCUT2D eigenvalue weighted by Crippen LogP contribution is -2.38. The van der Waals surface area contributed by atoms with Crippen molar-refractivity contribution >= 4 is 5.97 Å². The predicted octanol–water partition coefficient (Wildman–Crippen LogP) is 2.99. The molecule has 2 aromatic carbocycles. The van der Waals surface area contributed by atoms with Crippen LogP contribution in [0.3, 0.4) is 0 Å². The van der Waals surface area contributed by atoms with Gasteiger partial charge in [-0.2, -0.15) is 0 Å². The average molecular weight is 366 g/mol. The highest BCUT2D eigenvalue weighted by molar-refractivity contribution is 5.87. The maximum absolute atomic E-state index is 11.2. The molecule has 0 aromatic heterocycles. The van der Waals surface area contributed by atoms with Crippen LogP contribution in [0.5, 0.6) is 0 Å². The van der Waals surface area contributed by atoms with Gasteiger partial charge in [-0.3, -0.25) is 9.80 Å². The quantitative estimate of drug-likeness (QED) is 0.882. The van der Waals surface area contributed by atoms with Gasteiger partial charge in [-0.05, 0) is 35.2 Å². The van der Waals surface area contributed by atoms with Gasteiger partial charge < -0.3 is 9.84 Å². The molecule has 2 aliphatic heterocycles. The summed E-state index contributed by atoms with van der Waals surface area (Å²) in [7, 11) is 0. The second-order valence-corrected chi connectivity index (χ2v) is 7.53. The number of fused-ring (bicyclic) bond motifs is 1. The molecule has 1 saturated heterocycles. The molecule has 0 bridgehead atoms. The zero-order chi connectivity index (χ0) is 18.6. The van der Waals surface area contributed by atoms with Crippen molar-refractivity contribution in [1.29, 1.82) is 0 Å². The molecule has 2 aliphatic rings. The lowest BCUT2D eigenvalue weighted by molar-refractivity contribution is 0.0248. The molecule has 1 fully saturated rings. The number of nitrogens with zero attached hydrogens (tertiary/aromatic N) is 2. The standard InChI is InChI=1S/C22H26N2O3/c25-22(26)18-7-8-19-13-24(14-20(19)11-18)16-21-15-23(9-4-10-27-21)12-17-5-2-1-3-6-17/h1-3,5-8,11,21H,4,9-10,12-16H2,(H,25,26). The van der Waals surface area contributed by atoms with E-state index in [1.165, 1.54) is 11.1 Å². The van der Waals surface area contributed by atoms with Crippen LogP contribution >= 0.6 is 0 Å². The van der Waals surface area contributed by atoms with Gasteiger partial charge in [0.25, 0.3) is 0 Å². The van der Waals surface area contributed by atoms with Crippen LogP contribution < -0.4 is 0 Å². The first-order valence-electron chi connectivity index (χ1n) is 9.63. The molecule has 5 nitrogen and oxygen atoms in total. The van der Waals surface area contributed by atoms with E-state index < -0.39 is 5.97 Å². The monoisotopic (exact) mass is 366 g/mol. The molecule has 0 saturated carbocycles. The van der Waals surface area contributed by atoms with Gasteiger partial charge in [-0.15, -0.1) is 0 Å². The van der Waals surface area contributed by atoms with Crippen molar-refractivity contribution in [3.8, 4) is 0 Å². The fraction of sp³-hybridized carbons (Fsp3) is 0.409. The summed E-state index contributed by atoms with van der Waals surface area (Å²) in [6, 6.07) is 16.1. The van der Waals surface area contributed by atoms with Gasteiger partial charge in [-0.25, -0.2) is 4.79 Å². The van der Waals surface area contributed by atoms with E-state index in [0.717, 1.165) is 57.9 Å². The Morgan fingerprint density at radius 1 is 1.07 bits per heavy atom. The predicted molar refractivity (Wildman–Crippen MR) is 104 cm³/mol. The van der Waals surface area contributed by atoms with Crippen molar-refractivity contribution < 1.29 is 14.6 Å². The minimum absolute atomic E-state index is 0.185. The number of carboxylic acids is 1. The van der Waals surface area contributed by atoms with Crippen LogP contribution in [0.1, 0.15) is 33.5 Å². The fourth-order valence-electron chi connectivity index (χ4n) is 4.08. The van der Waals surface area contributed by atoms with E-state index in [1.807, 2.05) is 12.1 Å². The molecular weight excluding hydrogens is 340 g/mol. The molecule has 1 unspecified atom stereocenters. The lowest BCUT2D eigenvalue weighted by atomic mass is 10.1. The Morgan fingerprint density at radius 2 is 1.89 bits per heavy atom. The SMILES string of the molecule is O=C(O)c1ccc2c(c1)CN(CC1CN(Cc3ccccc3)CCCO1)C2. The molecule has 0 amide bonds. The van der Waals surface area contributed by atoms with E-state index in [2.05, 4.69) is 40.1 Å². The fourth-order valence-corrected chi connectivity index (χ4v) is 4.08. The summed E-state index contributed by atoms with van der Waals surface area (Å²) < 4.78 is 6.12. The van der Waals surface area contributed by atoms with E-state index in [-0.39, 0.29) is 6.10 Å². The smallest absolute Gasteiger partial charge is 0.335 e. The second-order valence-electron chi connectivity index (χ2n) is 7.53. The van der Waals surface area contributed by atoms with Crippen molar-refractivity contribution in [3.63, 3.8) is 0 Å². The van der Waals surface area contributed by atoms with Crippen LogP contribution in [-0.4, -0.2) is 53.2 Å². The number of rotatable bonds is 5. The Balaban J connectivity index is 1.36. The molecule has 1 N–H and O–H groups in total. The third-order valence-electron chi connectivity index (χ3n) is 5.39. The molecule has 1 atom stereocenters. The van der Waals surface area contributed by atoms with Gasteiger partial charge in [0.15, 0.2) is 0 Å². The summed E-state index contributed by atoms with van der Waals surface area (Å²) in [5.74, 6) is -0.861. The summed E-state index contributed by atoms with van der Waals surface area (Å²) in [4.78, 5) is 16.0. The van der Waals surface area contributed by atoms with Gasteiger partial charge in [0.1, 0.15) is 0 Å². The van der Waals surface area contributed by atoms with Gasteiger partial charge in [-0.1, -0.05) is 36.4 Å². The number of carbonyl (C=O) groups is 1. The maximum atomic E-state index is 11.2. The third kappa shape index (κ3) is 4.56. The molecular formula is C22H26N2O3. The zero-order valence-corrected chi connectivity index (χ0v) is 15.5. The van der Waals surface area contributed by atoms with Crippen molar-refractivity contribution in [1.82, 2.24) is 9.80 Å². The van der Waals surface area contributed by atoms with E-state index in [4.69, 9.17) is 4.74 Å². The molecule has 4 rings (SSSR count). The molecule has 0 radical (unpaired) electrons. The highest BCUT2D eigenvalue weighted by atomic mass is 16.5. The first kappa shape index (κ1) is 18.2. The molecule has 2 heterocycles. The van der Waals surface area contributed by atoms with Crippen LogP contribution in [0.15, 0.2) is 48.5 Å². The van der Waals surface area contributed by atoms with E-state index >= 15 is 0 Å². The minimum atomic E-state index is -0.861. The largest absolute Gasteiger partial charge is 0.478 e. The van der Waals surface area contributed by atoms with Crippen LogP contribution in [0, 0.1) is 0 Å². The number of hydrogen-bond donors (Lipinski definition) is 1. The molecule has 0 spiro atoms. The van der Waals surface area contributed by atoms with E-state index in [9.17, 15) is 9.90 Å². The number of benzene rings is 2. The van der Waals surface area contributed by atoms with Crippen LogP contribution in [-0.2, 0) is 24.4 Å². The van der Waals surface area contributed by atoms with E-state index in [0.29, 0.717) is 5.56 Å².